The van der Waals surface area contributed by atoms with Gasteiger partial charge in [0.15, 0.2) is 0 Å². The highest BCUT2D eigenvalue weighted by Gasteiger charge is 2.30. The maximum absolute atomic E-state index is 11.2. The number of thioether (sulfide) groups is 1. The first kappa shape index (κ1) is 19.2. The zero-order chi connectivity index (χ0) is 16.6. The Morgan fingerprint density at radius 1 is 1.05 bits per heavy atom. The Kier molecular flexibility index (Phi) is 8.41. The zero-order valence-corrected chi connectivity index (χ0v) is 12.2. The maximum atomic E-state index is 11.2. The molecule has 3 unspecified atom stereocenters. The second-order valence-corrected chi connectivity index (χ2v) is 5.60. The second-order valence-electron chi connectivity index (χ2n) is 4.33. The van der Waals surface area contributed by atoms with Crippen LogP contribution in [0.15, 0.2) is 25.3 Å². The topological polar surface area (TPSA) is 138 Å². The summed E-state index contributed by atoms with van der Waals surface area (Å²) in [5, 5.41) is 26.2. The van der Waals surface area contributed by atoms with Gasteiger partial charge in [0.2, 0.25) is 0 Å². The fraction of sp³-hybridized carbons (Fsp3) is 0.462. The molecule has 4 atom stereocenters. The number of carboxylic acids is 3. The second kappa shape index (κ2) is 9.19. The normalized spacial score (nSPS) is 16.2. The van der Waals surface area contributed by atoms with E-state index < -0.39 is 41.0 Å². The van der Waals surface area contributed by atoms with Gasteiger partial charge in [-0.15, -0.1) is 13.2 Å². The van der Waals surface area contributed by atoms with E-state index in [1.54, 1.807) is 0 Å². The molecule has 8 heteroatoms. The Bertz CT molecular complexity index is 425. The third-order valence-corrected chi connectivity index (χ3v) is 4.30. The molecular formula is C13H19NO6S. The molecule has 0 saturated carbocycles. The van der Waals surface area contributed by atoms with Gasteiger partial charge in [-0.25, -0.2) is 0 Å². The van der Waals surface area contributed by atoms with Gasteiger partial charge < -0.3 is 21.1 Å². The fourth-order valence-corrected chi connectivity index (χ4v) is 2.95. The summed E-state index contributed by atoms with van der Waals surface area (Å²) >= 11 is 1.01. The number of hydrogen-bond acceptors (Lipinski definition) is 5. The molecule has 0 heterocycles. The Morgan fingerprint density at radius 2 is 1.62 bits per heavy atom. The molecule has 0 amide bonds. The van der Waals surface area contributed by atoms with E-state index in [-0.39, 0.29) is 12.2 Å². The molecule has 0 aliphatic carbocycles. The van der Waals surface area contributed by atoms with Gasteiger partial charge in [0.1, 0.15) is 6.04 Å². The highest BCUT2D eigenvalue weighted by molar-refractivity contribution is 8.00. The minimum Gasteiger partial charge on any atom is -0.481 e. The van der Waals surface area contributed by atoms with Crippen molar-refractivity contribution in [2.45, 2.75) is 17.7 Å². The van der Waals surface area contributed by atoms with Gasteiger partial charge in [-0.3, -0.25) is 14.4 Å². The number of hydrogen-bond donors (Lipinski definition) is 4. The van der Waals surface area contributed by atoms with Crippen molar-refractivity contribution in [1.29, 1.82) is 0 Å². The summed E-state index contributed by atoms with van der Waals surface area (Å²) in [7, 11) is 0. The highest BCUT2D eigenvalue weighted by Crippen LogP contribution is 2.28. The first-order valence-electron chi connectivity index (χ1n) is 6.05. The van der Waals surface area contributed by atoms with E-state index in [0.29, 0.717) is 0 Å². The van der Waals surface area contributed by atoms with Crippen LogP contribution in [0.5, 0.6) is 0 Å². The minimum atomic E-state index is -1.20. The van der Waals surface area contributed by atoms with Crippen molar-refractivity contribution in [3.63, 3.8) is 0 Å². The van der Waals surface area contributed by atoms with E-state index in [9.17, 15) is 14.4 Å². The molecule has 0 rings (SSSR count). The fourth-order valence-electron chi connectivity index (χ4n) is 1.58. The average Bonchev–Trinajstić information content (AvgIpc) is 2.40. The Hall–Kier alpha value is -1.80. The smallest absolute Gasteiger partial charge is 0.321 e. The van der Waals surface area contributed by atoms with Crippen LogP contribution in [-0.2, 0) is 14.4 Å². The Labute approximate surface area is 126 Å². The Morgan fingerprint density at radius 3 is 1.95 bits per heavy atom. The SMILES string of the molecule is C=CC(CC(SC[C@H](N)C(=O)O)C(C=C)C(=O)O)C(=O)O. The van der Waals surface area contributed by atoms with Crippen LogP contribution in [0.4, 0.5) is 0 Å². The number of nitrogens with two attached hydrogens (primary N) is 1. The summed E-state index contributed by atoms with van der Waals surface area (Å²) in [5.74, 6) is -5.43. The first-order valence-corrected chi connectivity index (χ1v) is 7.10. The van der Waals surface area contributed by atoms with Crippen molar-refractivity contribution in [2.24, 2.45) is 17.6 Å². The van der Waals surface area contributed by atoms with Crippen LogP contribution >= 0.6 is 11.8 Å². The van der Waals surface area contributed by atoms with Crippen molar-refractivity contribution in [3.05, 3.63) is 25.3 Å². The van der Waals surface area contributed by atoms with E-state index in [1.807, 2.05) is 0 Å². The lowest BCUT2D eigenvalue weighted by Crippen LogP contribution is -2.35. The molecule has 0 aromatic rings. The van der Waals surface area contributed by atoms with Gasteiger partial charge in [0.05, 0.1) is 11.8 Å². The van der Waals surface area contributed by atoms with Crippen molar-refractivity contribution in [1.82, 2.24) is 0 Å². The minimum absolute atomic E-state index is 0.00116. The quantitative estimate of drug-likeness (QED) is 0.408. The lowest BCUT2D eigenvalue weighted by molar-refractivity contribution is -0.142. The summed E-state index contributed by atoms with van der Waals surface area (Å²) in [6, 6.07) is -1.15. The highest BCUT2D eigenvalue weighted by atomic mass is 32.2. The predicted octanol–water partition coefficient (Wildman–Crippen LogP) is 0.664. The van der Waals surface area contributed by atoms with Gasteiger partial charge >= 0.3 is 17.9 Å². The predicted molar refractivity (Wildman–Crippen MR) is 79.1 cm³/mol. The third kappa shape index (κ3) is 6.46. The molecule has 0 fully saturated rings. The lowest BCUT2D eigenvalue weighted by atomic mass is 9.95. The zero-order valence-electron chi connectivity index (χ0n) is 11.3. The van der Waals surface area contributed by atoms with Crippen molar-refractivity contribution in [2.75, 3.05) is 5.75 Å². The van der Waals surface area contributed by atoms with Crippen LogP contribution in [0, 0.1) is 11.8 Å². The molecule has 0 aromatic heterocycles. The number of carboxylic acid groups (broad SMARTS) is 3. The molecule has 5 N–H and O–H groups in total. The summed E-state index contributed by atoms with van der Waals surface area (Å²) in [5.41, 5.74) is 5.38. The molecule has 0 aromatic carbocycles. The molecule has 0 aliphatic heterocycles. The average molecular weight is 317 g/mol. The summed E-state index contributed by atoms with van der Waals surface area (Å²) in [6.07, 6.45) is 2.42. The van der Waals surface area contributed by atoms with E-state index >= 15 is 0 Å². The Balaban J connectivity index is 5.03. The van der Waals surface area contributed by atoms with Crippen molar-refractivity contribution >= 4 is 29.7 Å². The van der Waals surface area contributed by atoms with Crippen molar-refractivity contribution < 1.29 is 29.7 Å². The standard InChI is InChI=1S/C13H19NO6S/c1-3-7(11(15)16)5-10(8(4-2)12(17)18)21-6-9(14)13(19)20/h3-4,7-10H,1-2,5-6,14H2,(H,15,16)(H,17,18)(H,19,20)/t7?,8?,9-,10?/m0/s1. The third-order valence-electron chi connectivity index (χ3n) is 2.83. The first-order chi connectivity index (χ1) is 9.74. The summed E-state index contributed by atoms with van der Waals surface area (Å²) < 4.78 is 0. The molecule has 0 aliphatic rings. The number of carbonyl (C=O) groups is 3. The molecular weight excluding hydrogens is 298 g/mol. The van der Waals surface area contributed by atoms with Gasteiger partial charge in [0.25, 0.3) is 0 Å². The van der Waals surface area contributed by atoms with E-state index in [2.05, 4.69) is 13.2 Å². The van der Waals surface area contributed by atoms with E-state index in [0.717, 1.165) is 11.8 Å². The summed E-state index contributed by atoms with van der Waals surface area (Å²) in [4.78, 5) is 32.9. The van der Waals surface area contributed by atoms with E-state index in [1.165, 1.54) is 12.2 Å². The van der Waals surface area contributed by atoms with Gasteiger partial charge in [0, 0.05) is 11.0 Å². The molecule has 0 saturated heterocycles. The van der Waals surface area contributed by atoms with Crippen molar-refractivity contribution in [3.8, 4) is 0 Å². The largest absolute Gasteiger partial charge is 0.481 e. The van der Waals surface area contributed by atoms with Gasteiger partial charge in [-0.2, -0.15) is 11.8 Å². The maximum Gasteiger partial charge on any atom is 0.321 e. The molecule has 21 heavy (non-hydrogen) atoms. The van der Waals surface area contributed by atoms with Crippen LogP contribution in [0.1, 0.15) is 6.42 Å². The lowest BCUT2D eigenvalue weighted by Gasteiger charge is -2.23. The number of aliphatic carboxylic acids is 3. The molecule has 0 bridgehead atoms. The van der Waals surface area contributed by atoms with Gasteiger partial charge in [-0.1, -0.05) is 12.2 Å². The van der Waals surface area contributed by atoms with Crippen LogP contribution in [0.2, 0.25) is 0 Å². The molecule has 0 radical (unpaired) electrons. The monoisotopic (exact) mass is 317 g/mol. The van der Waals surface area contributed by atoms with Gasteiger partial charge in [-0.05, 0) is 6.42 Å². The number of rotatable bonds is 11. The van der Waals surface area contributed by atoms with Crippen LogP contribution in [0.25, 0.3) is 0 Å². The van der Waals surface area contributed by atoms with Crippen LogP contribution in [-0.4, -0.2) is 50.3 Å². The summed E-state index contributed by atoms with van der Waals surface area (Å²) in [6.45, 7) is 6.84. The molecule has 118 valence electrons. The van der Waals surface area contributed by atoms with Crippen LogP contribution in [0.3, 0.4) is 0 Å². The van der Waals surface area contributed by atoms with E-state index in [4.69, 9.17) is 21.1 Å². The molecule has 0 spiro atoms. The molecule has 7 nitrogen and oxygen atoms in total. The van der Waals surface area contributed by atoms with Crippen LogP contribution < -0.4 is 5.73 Å².